The van der Waals surface area contributed by atoms with Crippen molar-refractivity contribution in [3.8, 4) is 5.75 Å². The number of nitrogens with zero attached hydrogens (tertiary/aromatic N) is 1. The topological polar surface area (TPSA) is 68.9 Å². The Morgan fingerprint density at radius 1 is 1.40 bits per heavy atom. The van der Waals surface area contributed by atoms with Gasteiger partial charge < -0.3 is 20.5 Å². The minimum Gasteiger partial charge on any atom is -0.497 e. The molecular weight excluding hydrogens is 254 g/mol. The van der Waals surface area contributed by atoms with Crippen LogP contribution in [0.3, 0.4) is 0 Å². The summed E-state index contributed by atoms with van der Waals surface area (Å²) in [5, 5.41) is 3.08. The number of nitrogens with two attached hydrogens (primary N) is 1. The van der Waals surface area contributed by atoms with Crippen LogP contribution in [0, 0.1) is 5.92 Å². The van der Waals surface area contributed by atoms with E-state index in [0.29, 0.717) is 24.5 Å². The number of rotatable bonds is 5. The summed E-state index contributed by atoms with van der Waals surface area (Å²) >= 11 is 0. The molecule has 1 aliphatic rings. The van der Waals surface area contributed by atoms with Crippen LogP contribution in [0.1, 0.15) is 19.3 Å². The number of ether oxygens (including phenoxy) is 2. The van der Waals surface area contributed by atoms with Gasteiger partial charge in [0, 0.05) is 31.3 Å². The van der Waals surface area contributed by atoms with Gasteiger partial charge in [0.25, 0.3) is 0 Å². The van der Waals surface area contributed by atoms with E-state index in [9.17, 15) is 0 Å². The van der Waals surface area contributed by atoms with Crippen LogP contribution in [0.15, 0.2) is 29.3 Å². The first-order valence-electron chi connectivity index (χ1n) is 6.96. The van der Waals surface area contributed by atoms with Crippen LogP contribution in [0.5, 0.6) is 5.75 Å². The minimum atomic E-state index is 0.323. The first kappa shape index (κ1) is 14.7. The molecule has 5 nitrogen and oxygen atoms in total. The maximum absolute atomic E-state index is 5.92. The molecule has 1 fully saturated rings. The van der Waals surface area contributed by atoms with Crippen molar-refractivity contribution >= 4 is 11.6 Å². The predicted octanol–water partition coefficient (Wildman–Crippen LogP) is 2.24. The lowest BCUT2D eigenvalue weighted by atomic mass is 10.1. The molecule has 2 atom stereocenters. The Morgan fingerprint density at radius 2 is 2.25 bits per heavy atom. The first-order valence-corrected chi connectivity index (χ1v) is 6.96. The number of anilines is 1. The number of hydrogen-bond donors (Lipinski definition) is 2. The number of hydrogen-bond acceptors (Lipinski definition) is 3. The van der Waals surface area contributed by atoms with E-state index in [1.165, 1.54) is 6.42 Å². The van der Waals surface area contributed by atoms with Crippen molar-refractivity contribution < 1.29 is 9.47 Å². The molecule has 2 rings (SSSR count). The van der Waals surface area contributed by atoms with E-state index >= 15 is 0 Å². The minimum absolute atomic E-state index is 0.323. The predicted molar refractivity (Wildman–Crippen MR) is 81.2 cm³/mol. The monoisotopic (exact) mass is 277 g/mol. The highest BCUT2D eigenvalue weighted by atomic mass is 16.5. The van der Waals surface area contributed by atoms with Gasteiger partial charge in [0.2, 0.25) is 0 Å². The number of guanidine groups is 1. The van der Waals surface area contributed by atoms with Crippen LogP contribution in [0.25, 0.3) is 0 Å². The molecule has 110 valence electrons. The molecule has 0 heterocycles. The lowest BCUT2D eigenvalue weighted by Gasteiger charge is -2.16. The van der Waals surface area contributed by atoms with Crippen molar-refractivity contribution in [3.63, 3.8) is 0 Å². The van der Waals surface area contributed by atoms with E-state index in [4.69, 9.17) is 15.2 Å². The van der Waals surface area contributed by atoms with E-state index in [-0.39, 0.29) is 0 Å². The second-order valence-electron chi connectivity index (χ2n) is 5.05. The summed E-state index contributed by atoms with van der Waals surface area (Å²) in [6, 6.07) is 7.61. The zero-order valence-corrected chi connectivity index (χ0v) is 12.1. The number of methoxy groups -OCH3 is 2. The van der Waals surface area contributed by atoms with E-state index in [1.807, 2.05) is 24.3 Å². The zero-order chi connectivity index (χ0) is 14.4. The van der Waals surface area contributed by atoms with E-state index in [2.05, 4.69) is 10.3 Å². The van der Waals surface area contributed by atoms with Crippen molar-refractivity contribution in [2.24, 2.45) is 16.6 Å². The Balaban J connectivity index is 1.90. The summed E-state index contributed by atoms with van der Waals surface area (Å²) < 4.78 is 10.6. The van der Waals surface area contributed by atoms with Crippen LogP contribution < -0.4 is 15.8 Å². The van der Waals surface area contributed by atoms with Gasteiger partial charge in [0.05, 0.1) is 13.2 Å². The highest BCUT2D eigenvalue weighted by molar-refractivity contribution is 5.92. The molecule has 1 aromatic rings. The Morgan fingerprint density at radius 3 is 3.00 bits per heavy atom. The average molecular weight is 277 g/mol. The van der Waals surface area contributed by atoms with Crippen LogP contribution in [-0.2, 0) is 4.74 Å². The molecule has 3 N–H and O–H groups in total. The summed E-state index contributed by atoms with van der Waals surface area (Å²) in [5.74, 6) is 1.70. The Hall–Kier alpha value is -1.75. The molecule has 0 bridgehead atoms. The summed E-state index contributed by atoms with van der Waals surface area (Å²) in [6.45, 7) is 0.710. The zero-order valence-electron chi connectivity index (χ0n) is 12.1. The number of nitrogens with one attached hydrogen (secondary N) is 1. The molecule has 1 aromatic carbocycles. The normalized spacial score (nSPS) is 22.8. The molecule has 0 aliphatic heterocycles. The van der Waals surface area contributed by atoms with Crippen LogP contribution in [0.2, 0.25) is 0 Å². The van der Waals surface area contributed by atoms with Crippen molar-refractivity contribution in [1.29, 1.82) is 0 Å². The molecule has 2 unspecified atom stereocenters. The fourth-order valence-electron chi connectivity index (χ4n) is 2.63. The number of benzene rings is 1. The molecule has 0 amide bonds. The second-order valence-corrected chi connectivity index (χ2v) is 5.05. The molecule has 1 aliphatic carbocycles. The van der Waals surface area contributed by atoms with Gasteiger partial charge in [-0.3, -0.25) is 4.99 Å². The standard InChI is InChI=1S/C15H23N3O2/c1-19-13-7-4-6-12(9-13)18-15(16)17-10-11-5-3-8-14(11)20-2/h4,6-7,9,11,14H,3,5,8,10H2,1-2H3,(H3,16,17,18). The molecule has 0 saturated heterocycles. The fraction of sp³-hybridized carbons (Fsp3) is 0.533. The first-order chi connectivity index (χ1) is 9.72. The molecule has 1 saturated carbocycles. The average Bonchev–Trinajstić information content (AvgIpc) is 2.93. The molecule has 0 aromatic heterocycles. The highest BCUT2D eigenvalue weighted by Gasteiger charge is 2.26. The van der Waals surface area contributed by atoms with Gasteiger partial charge in [-0.2, -0.15) is 0 Å². The van der Waals surface area contributed by atoms with Gasteiger partial charge in [-0.15, -0.1) is 0 Å². The Bertz CT molecular complexity index is 462. The van der Waals surface area contributed by atoms with Crippen molar-refractivity contribution in [1.82, 2.24) is 0 Å². The lowest BCUT2D eigenvalue weighted by Crippen LogP contribution is -2.25. The van der Waals surface area contributed by atoms with Crippen molar-refractivity contribution in [3.05, 3.63) is 24.3 Å². The van der Waals surface area contributed by atoms with E-state index in [1.54, 1.807) is 14.2 Å². The third-order valence-corrected chi connectivity index (χ3v) is 3.73. The van der Waals surface area contributed by atoms with Crippen LogP contribution >= 0.6 is 0 Å². The third-order valence-electron chi connectivity index (χ3n) is 3.73. The highest BCUT2D eigenvalue weighted by Crippen LogP contribution is 2.27. The quantitative estimate of drug-likeness (QED) is 0.639. The number of aliphatic imine (C=N–C) groups is 1. The van der Waals surface area contributed by atoms with E-state index in [0.717, 1.165) is 24.3 Å². The van der Waals surface area contributed by atoms with Gasteiger partial charge in [-0.05, 0) is 25.0 Å². The Labute approximate surface area is 120 Å². The smallest absolute Gasteiger partial charge is 0.193 e. The van der Waals surface area contributed by atoms with Gasteiger partial charge in [0.1, 0.15) is 5.75 Å². The van der Waals surface area contributed by atoms with E-state index < -0.39 is 0 Å². The van der Waals surface area contributed by atoms with Gasteiger partial charge in [-0.1, -0.05) is 12.5 Å². The molecule has 0 radical (unpaired) electrons. The van der Waals surface area contributed by atoms with Gasteiger partial charge >= 0.3 is 0 Å². The Kier molecular flexibility index (Phi) is 5.24. The van der Waals surface area contributed by atoms with Crippen LogP contribution in [0.4, 0.5) is 5.69 Å². The fourth-order valence-corrected chi connectivity index (χ4v) is 2.63. The maximum Gasteiger partial charge on any atom is 0.193 e. The third kappa shape index (κ3) is 3.87. The lowest BCUT2D eigenvalue weighted by molar-refractivity contribution is 0.0743. The van der Waals surface area contributed by atoms with Crippen molar-refractivity contribution in [2.75, 3.05) is 26.1 Å². The van der Waals surface area contributed by atoms with Crippen LogP contribution in [-0.4, -0.2) is 32.8 Å². The molecule has 5 heteroatoms. The molecule has 0 spiro atoms. The largest absolute Gasteiger partial charge is 0.497 e. The van der Waals surface area contributed by atoms with Crippen molar-refractivity contribution in [2.45, 2.75) is 25.4 Å². The van der Waals surface area contributed by atoms with Gasteiger partial charge in [0.15, 0.2) is 5.96 Å². The molecular formula is C15H23N3O2. The summed E-state index contributed by atoms with van der Waals surface area (Å²) in [7, 11) is 3.41. The molecule has 20 heavy (non-hydrogen) atoms. The summed E-state index contributed by atoms with van der Waals surface area (Å²) in [5.41, 5.74) is 6.79. The van der Waals surface area contributed by atoms with Gasteiger partial charge in [-0.25, -0.2) is 0 Å². The summed E-state index contributed by atoms with van der Waals surface area (Å²) in [6.07, 6.45) is 3.82. The maximum atomic E-state index is 5.92. The SMILES string of the molecule is COc1cccc(NC(N)=NCC2CCCC2OC)c1. The summed E-state index contributed by atoms with van der Waals surface area (Å²) in [4.78, 5) is 4.42. The second kappa shape index (κ2) is 7.14.